The van der Waals surface area contributed by atoms with Gasteiger partial charge in [-0.05, 0) is 31.6 Å². The van der Waals surface area contributed by atoms with Gasteiger partial charge in [-0.25, -0.2) is 0 Å². The van der Waals surface area contributed by atoms with E-state index >= 15 is 0 Å². The molecule has 106 valence electrons. The van der Waals surface area contributed by atoms with Crippen LogP contribution in [0.25, 0.3) is 0 Å². The van der Waals surface area contributed by atoms with E-state index in [0.717, 1.165) is 31.4 Å². The molecule has 1 aromatic rings. The molecule has 3 N–H and O–H groups in total. The van der Waals surface area contributed by atoms with Crippen LogP contribution >= 0.6 is 0 Å². The van der Waals surface area contributed by atoms with Gasteiger partial charge in [0, 0.05) is 24.6 Å². The summed E-state index contributed by atoms with van der Waals surface area (Å²) in [6.07, 6.45) is 4.30. The van der Waals surface area contributed by atoms with Crippen LogP contribution in [-0.2, 0) is 0 Å². The average molecular weight is 265 g/mol. The van der Waals surface area contributed by atoms with Crippen molar-refractivity contribution in [2.75, 3.05) is 6.54 Å². The van der Waals surface area contributed by atoms with Gasteiger partial charge in [0.2, 0.25) is 5.76 Å². The molecule has 2 rings (SSSR count). The summed E-state index contributed by atoms with van der Waals surface area (Å²) in [4.78, 5) is 12.1. The highest BCUT2D eigenvalue weighted by atomic mass is 16.5. The summed E-state index contributed by atoms with van der Waals surface area (Å²) in [5.41, 5.74) is 6.54. The zero-order chi connectivity index (χ0) is 13.8. The lowest BCUT2D eigenvalue weighted by Gasteiger charge is -2.14. The number of hydrogen-bond acceptors (Lipinski definition) is 4. The molecular weight excluding hydrogens is 242 g/mol. The van der Waals surface area contributed by atoms with Gasteiger partial charge in [-0.15, -0.1) is 0 Å². The summed E-state index contributed by atoms with van der Waals surface area (Å²) in [6, 6.07) is 1.82. The Morgan fingerprint density at radius 3 is 2.74 bits per heavy atom. The smallest absolute Gasteiger partial charge is 0.290 e. The van der Waals surface area contributed by atoms with Crippen molar-refractivity contribution >= 4 is 5.91 Å². The third-order valence-corrected chi connectivity index (χ3v) is 3.92. The van der Waals surface area contributed by atoms with Crippen LogP contribution in [0.4, 0.5) is 0 Å². The molecule has 0 bridgehead atoms. The van der Waals surface area contributed by atoms with Crippen LogP contribution in [0.5, 0.6) is 0 Å². The van der Waals surface area contributed by atoms with E-state index in [1.165, 1.54) is 0 Å². The predicted octanol–water partition coefficient (Wildman–Crippen LogP) is 2.05. The van der Waals surface area contributed by atoms with E-state index in [4.69, 9.17) is 10.3 Å². The van der Waals surface area contributed by atoms with Crippen molar-refractivity contribution in [2.24, 2.45) is 11.7 Å². The largest absolute Gasteiger partial charge is 0.351 e. The summed E-state index contributed by atoms with van der Waals surface area (Å²) in [5, 5.41) is 6.94. The first-order chi connectivity index (χ1) is 9.19. The number of nitrogens with zero attached hydrogens (tertiary/aromatic N) is 1. The van der Waals surface area contributed by atoms with Crippen molar-refractivity contribution in [1.29, 1.82) is 0 Å². The van der Waals surface area contributed by atoms with Crippen LogP contribution in [-0.4, -0.2) is 23.7 Å². The van der Waals surface area contributed by atoms with Crippen LogP contribution in [0.2, 0.25) is 0 Å². The van der Waals surface area contributed by atoms with Crippen LogP contribution in [0.3, 0.4) is 0 Å². The normalized spacial score (nSPS) is 16.6. The standard InChI is InChI=1S/C14H23N3O2/c1-3-9(4-2)11-7-13(19-17-11)14(18)16-12(8-15)10-5-6-10/h7,9-10,12H,3-6,8,15H2,1-2H3,(H,16,18). The molecule has 1 fully saturated rings. The van der Waals surface area contributed by atoms with Gasteiger partial charge in [0.25, 0.3) is 5.91 Å². The molecule has 1 aromatic heterocycles. The van der Waals surface area contributed by atoms with Crippen LogP contribution in [0.1, 0.15) is 61.7 Å². The fourth-order valence-corrected chi connectivity index (χ4v) is 2.40. The summed E-state index contributed by atoms with van der Waals surface area (Å²) in [7, 11) is 0. The fourth-order valence-electron chi connectivity index (χ4n) is 2.40. The van der Waals surface area contributed by atoms with Gasteiger partial charge in [-0.3, -0.25) is 4.79 Å². The number of amides is 1. The van der Waals surface area contributed by atoms with E-state index < -0.39 is 0 Å². The fraction of sp³-hybridized carbons (Fsp3) is 0.714. The molecule has 0 aromatic carbocycles. The minimum absolute atomic E-state index is 0.0641. The highest BCUT2D eigenvalue weighted by Gasteiger charge is 2.32. The van der Waals surface area contributed by atoms with Crippen LogP contribution < -0.4 is 11.1 Å². The summed E-state index contributed by atoms with van der Waals surface area (Å²) < 4.78 is 5.15. The maximum absolute atomic E-state index is 12.1. The molecule has 5 heteroatoms. The van der Waals surface area contributed by atoms with Crippen molar-refractivity contribution in [1.82, 2.24) is 10.5 Å². The van der Waals surface area contributed by atoms with Crippen molar-refractivity contribution < 1.29 is 9.32 Å². The van der Waals surface area contributed by atoms with E-state index in [1.807, 2.05) is 0 Å². The SMILES string of the molecule is CCC(CC)c1cc(C(=O)NC(CN)C2CC2)on1. The maximum Gasteiger partial charge on any atom is 0.290 e. The highest BCUT2D eigenvalue weighted by Crippen LogP contribution is 2.32. The number of nitrogens with one attached hydrogen (secondary N) is 1. The Hall–Kier alpha value is -1.36. The third-order valence-electron chi connectivity index (χ3n) is 3.92. The lowest BCUT2D eigenvalue weighted by atomic mass is 9.99. The van der Waals surface area contributed by atoms with Crippen molar-refractivity contribution in [3.63, 3.8) is 0 Å². The molecule has 1 aliphatic rings. The molecule has 5 nitrogen and oxygen atoms in total. The Labute approximate surface area is 113 Å². The molecular formula is C14H23N3O2. The van der Waals surface area contributed by atoms with Gasteiger partial charge >= 0.3 is 0 Å². The molecule has 0 spiro atoms. The summed E-state index contributed by atoms with van der Waals surface area (Å²) >= 11 is 0. The lowest BCUT2D eigenvalue weighted by molar-refractivity contribution is 0.0896. The Kier molecular flexibility index (Phi) is 4.58. The molecule has 1 heterocycles. The molecule has 1 saturated carbocycles. The number of hydrogen-bond donors (Lipinski definition) is 2. The summed E-state index contributed by atoms with van der Waals surface area (Å²) in [5.74, 6) is 0.988. The molecule has 0 aliphatic heterocycles. The maximum atomic E-state index is 12.1. The van der Waals surface area contributed by atoms with E-state index in [2.05, 4.69) is 24.3 Å². The van der Waals surface area contributed by atoms with E-state index in [-0.39, 0.29) is 11.9 Å². The minimum atomic E-state index is -0.202. The zero-order valence-electron chi connectivity index (χ0n) is 11.7. The quantitative estimate of drug-likeness (QED) is 0.790. The van der Waals surface area contributed by atoms with Crippen molar-refractivity contribution in [3.8, 4) is 0 Å². The monoisotopic (exact) mass is 265 g/mol. The van der Waals surface area contributed by atoms with Gasteiger partial charge in [0.1, 0.15) is 0 Å². The Morgan fingerprint density at radius 2 is 2.21 bits per heavy atom. The second-order valence-electron chi connectivity index (χ2n) is 5.28. The van der Waals surface area contributed by atoms with Gasteiger partial charge in [0.15, 0.2) is 0 Å². The summed E-state index contributed by atoms with van der Waals surface area (Å²) in [6.45, 7) is 4.70. The zero-order valence-corrected chi connectivity index (χ0v) is 11.7. The van der Waals surface area contributed by atoms with Crippen LogP contribution in [0.15, 0.2) is 10.6 Å². The molecule has 0 radical (unpaired) electrons. The number of aromatic nitrogens is 1. The molecule has 1 amide bonds. The van der Waals surface area contributed by atoms with E-state index in [0.29, 0.717) is 24.1 Å². The second-order valence-corrected chi connectivity index (χ2v) is 5.28. The second kappa shape index (κ2) is 6.19. The highest BCUT2D eigenvalue weighted by molar-refractivity contribution is 5.91. The predicted molar refractivity (Wildman–Crippen MR) is 72.9 cm³/mol. The number of carbonyl (C=O) groups is 1. The lowest BCUT2D eigenvalue weighted by Crippen LogP contribution is -2.41. The first kappa shape index (κ1) is 14.1. The topological polar surface area (TPSA) is 81.2 Å². The first-order valence-electron chi connectivity index (χ1n) is 7.17. The van der Waals surface area contributed by atoms with Gasteiger partial charge < -0.3 is 15.6 Å². The first-order valence-corrected chi connectivity index (χ1v) is 7.17. The molecule has 1 aliphatic carbocycles. The Balaban J connectivity index is 1.99. The van der Waals surface area contributed by atoms with Gasteiger partial charge in [-0.1, -0.05) is 19.0 Å². The molecule has 19 heavy (non-hydrogen) atoms. The molecule has 1 unspecified atom stereocenters. The average Bonchev–Trinajstić information content (AvgIpc) is 3.15. The Bertz CT molecular complexity index is 422. The number of nitrogens with two attached hydrogens (primary N) is 1. The van der Waals surface area contributed by atoms with E-state index in [1.54, 1.807) is 6.07 Å². The van der Waals surface area contributed by atoms with Crippen molar-refractivity contribution in [2.45, 2.75) is 51.5 Å². The van der Waals surface area contributed by atoms with Crippen LogP contribution in [0, 0.1) is 5.92 Å². The van der Waals surface area contributed by atoms with Gasteiger partial charge in [-0.2, -0.15) is 0 Å². The van der Waals surface area contributed by atoms with Crippen molar-refractivity contribution in [3.05, 3.63) is 17.5 Å². The van der Waals surface area contributed by atoms with E-state index in [9.17, 15) is 4.79 Å². The minimum Gasteiger partial charge on any atom is -0.351 e. The van der Waals surface area contributed by atoms with Gasteiger partial charge in [0.05, 0.1) is 5.69 Å². The molecule has 0 saturated heterocycles. The molecule has 1 atom stereocenters. The Morgan fingerprint density at radius 1 is 1.53 bits per heavy atom. The number of carbonyl (C=O) groups excluding carboxylic acids is 1. The third kappa shape index (κ3) is 3.35. The number of rotatable bonds is 7.